The van der Waals surface area contributed by atoms with E-state index in [2.05, 4.69) is 37.5 Å². The Hall–Kier alpha value is 2.22. The van der Waals surface area contributed by atoms with E-state index in [0.29, 0.717) is 8.64 Å². The summed E-state index contributed by atoms with van der Waals surface area (Å²) in [5.74, 6) is 0. The van der Waals surface area contributed by atoms with Crippen molar-refractivity contribution in [3.05, 3.63) is 0 Å². The molecule has 4 nitrogen and oxygen atoms in total. The van der Waals surface area contributed by atoms with Crippen LogP contribution < -0.4 is 0 Å². The molecule has 0 saturated heterocycles. The Morgan fingerprint density at radius 2 is 0.733 bits per heavy atom. The number of hydrogen-bond donors (Lipinski definition) is 0. The van der Waals surface area contributed by atoms with Crippen LogP contribution in [0.5, 0.6) is 0 Å². The fraction of sp³-hybridized carbons (Fsp3) is 0.889. The van der Waals surface area contributed by atoms with Crippen molar-refractivity contribution in [2.75, 3.05) is 26.2 Å². The van der Waals surface area contributed by atoms with Crippen LogP contribution in [0.1, 0.15) is 79.1 Å². The van der Waals surface area contributed by atoms with Crippen molar-refractivity contribution in [3.8, 4) is 0 Å². The Kier molecular flexibility index (Phi) is 74.0. The van der Waals surface area contributed by atoms with Crippen molar-refractivity contribution in [3.63, 3.8) is 0 Å². The molecule has 0 aromatic rings. The molecule has 0 unspecified atom stereocenters. The third-order valence-electron chi connectivity index (χ3n) is 3.64. The van der Waals surface area contributed by atoms with Crippen LogP contribution in [0.2, 0.25) is 0 Å². The minimum absolute atomic E-state index is 0. The van der Waals surface area contributed by atoms with Crippen molar-refractivity contribution in [1.29, 1.82) is 0 Å². The Balaban J connectivity index is -0.0000000448. The van der Waals surface area contributed by atoms with Gasteiger partial charge in [-0.05, 0) is 25.7 Å². The fourth-order valence-corrected chi connectivity index (χ4v) is 2.71. The predicted molar refractivity (Wildman–Crippen MR) is 145 cm³/mol. The van der Waals surface area contributed by atoms with E-state index in [4.69, 9.17) is 49.7 Å². The molecule has 30 heavy (non-hydrogen) atoms. The third-order valence-corrected chi connectivity index (χ3v) is 4.68. The molecule has 12 heteroatoms. The Labute approximate surface area is 251 Å². The first-order valence-corrected chi connectivity index (χ1v) is 11.0. The zero-order chi connectivity index (χ0) is 18.8. The normalized spacial score (nSPS) is 7.87. The molecule has 0 spiro atoms. The van der Waals surface area contributed by atoms with Gasteiger partial charge in [0, 0.05) is 26.2 Å². The third kappa shape index (κ3) is 37.5. The standard InChI is InChI=1S/2C9H19NS2.2Mo.2H2O.2S/c2*1-3-5-7-10(9(11)12)8-6-4-2;;;;;;/h2*3-8H2,1-2H3,(H,11,12);;;2*1H2;;/q;;2*+3;;;2*-2/p-2. The van der Waals surface area contributed by atoms with Gasteiger partial charge in [-0.1, -0.05) is 62.0 Å². The van der Waals surface area contributed by atoms with Gasteiger partial charge in [0.25, 0.3) is 0 Å². The Bertz CT molecular complexity index is 291. The number of thiocarbonyl (C=S) groups is 2. The van der Waals surface area contributed by atoms with E-state index < -0.39 is 0 Å². The van der Waals surface area contributed by atoms with Gasteiger partial charge in [0.15, 0.2) is 0 Å². The summed E-state index contributed by atoms with van der Waals surface area (Å²) in [7, 11) is 0. The summed E-state index contributed by atoms with van der Waals surface area (Å²) in [4.78, 5) is 4.27. The van der Waals surface area contributed by atoms with Crippen molar-refractivity contribution in [2.24, 2.45) is 0 Å². The van der Waals surface area contributed by atoms with Gasteiger partial charge >= 0.3 is 42.1 Å². The molecule has 0 aliphatic carbocycles. The monoisotopic (exact) mass is 704 g/mol. The first-order valence-electron chi connectivity index (χ1n) is 9.36. The Morgan fingerprint density at radius 3 is 0.833 bits per heavy atom. The minimum Gasteiger partial charge on any atom is -2.00 e. The van der Waals surface area contributed by atoms with Crippen LogP contribution in [0.3, 0.4) is 0 Å². The summed E-state index contributed by atoms with van der Waals surface area (Å²) in [5.41, 5.74) is 0. The summed E-state index contributed by atoms with van der Waals surface area (Å²) in [6.07, 6.45) is 9.62. The molecule has 0 aromatic carbocycles. The average molecular weight is 701 g/mol. The van der Waals surface area contributed by atoms with Gasteiger partial charge in [-0.2, -0.15) is 0 Å². The van der Waals surface area contributed by atoms with E-state index in [0.717, 1.165) is 26.2 Å². The van der Waals surface area contributed by atoms with E-state index in [-0.39, 0.29) is 80.1 Å². The van der Waals surface area contributed by atoms with Crippen LogP contribution in [0.15, 0.2) is 0 Å². The van der Waals surface area contributed by atoms with Gasteiger partial charge in [-0.25, -0.2) is 0 Å². The SMILES string of the molecule is CCCCN(CCCC)C(=S)[S-].CCCCN(CCCC)C(=S)[S-].O.O.[Mo+3].[Mo+3].[S-2].[S-2]. The molecular weight excluding hydrogens is 660 g/mol. The maximum absolute atomic E-state index is 4.98. The van der Waals surface area contributed by atoms with Crippen LogP contribution in [0, 0.1) is 0 Å². The van der Waals surface area contributed by atoms with Crippen LogP contribution in [0.25, 0.3) is 0 Å². The summed E-state index contributed by atoms with van der Waals surface area (Å²) in [6, 6.07) is 0. The maximum Gasteiger partial charge on any atom is 3.00 e. The first-order chi connectivity index (χ1) is 11.4. The summed E-state index contributed by atoms with van der Waals surface area (Å²) in [5, 5.41) is 0. The fourth-order valence-electron chi connectivity index (χ4n) is 1.98. The second-order valence-corrected chi connectivity index (χ2v) is 7.98. The van der Waals surface area contributed by atoms with E-state index >= 15 is 0 Å². The molecule has 0 bridgehead atoms. The molecule has 0 saturated carbocycles. The zero-order valence-electron chi connectivity index (χ0n) is 18.6. The van der Waals surface area contributed by atoms with Crippen molar-refractivity contribution >= 4 is 85.3 Å². The topological polar surface area (TPSA) is 69.5 Å². The molecule has 2 radical (unpaired) electrons. The molecule has 0 aliphatic rings. The van der Waals surface area contributed by atoms with Gasteiger partial charge in [0.2, 0.25) is 0 Å². The number of unbranched alkanes of at least 4 members (excludes halogenated alkanes) is 4. The van der Waals surface area contributed by atoms with Gasteiger partial charge in [-0.15, -0.1) is 0 Å². The molecule has 0 amide bonds. The van der Waals surface area contributed by atoms with Crippen LogP contribution in [-0.4, -0.2) is 55.6 Å². The predicted octanol–water partition coefficient (Wildman–Crippen LogP) is 3.78. The molecule has 0 aliphatic heterocycles. The maximum atomic E-state index is 4.98. The average Bonchev–Trinajstić information content (AvgIpc) is 2.55. The zero-order valence-corrected chi connectivity index (χ0v) is 27.6. The Morgan fingerprint density at radius 1 is 0.567 bits per heavy atom. The van der Waals surface area contributed by atoms with Crippen molar-refractivity contribution in [2.45, 2.75) is 79.1 Å². The second-order valence-electron chi connectivity index (χ2n) is 5.92. The quantitative estimate of drug-likeness (QED) is 0.176. The van der Waals surface area contributed by atoms with E-state index in [9.17, 15) is 0 Å². The molecule has 4 N–H and O–H groups in total. The van der Waals surface area contributed by atoms with Crippen molar-refractivity contribution < 1.29 is 53.1 Å². The largest absolute Gasteiger partial charge is 3.00 e. The number of rotatable bonds is 12. The second kappa shape index (κ2) is 41.5. The molecular formula is C18H40Mo2N2O2S6. The van der Waals surface area contributed by atoms with Gasteiger partial charge < -0.3 is 97.4 Å². The van der Waals surface area contributed by atoms with Gasteiger partial charge in [-0.3, -0.25) is 0 Å². The van der Waals surface area contributed by atoms with Crippen LogP contribution in [0.4, 0.5) is 0 Å². The summed E-state index contributed by atoms with van der Waals surface area (Å²) < 4.78 is 1.27. The van der Waals surface area contributed by atoms with Gasteiger partial charge in [0.1, 0.15) is 0 Å². The van der Waals surface area contributed by atoms with E-state index in [1.165, 1.54) is 51.4 Å². The summed E-state index contributed by atoms with van der Waals surface area (Å²) >= 11 is 19.9. The number of hydrogen-bond acceptors (Lipinski definition) is 4. The van der Waals surface area contributed by atoms with Crippen LogP contribution >= 0.6 is 24.4 Å². The van der Waals surface area contributed by atoms with E-state index in [1.807, 2.05) is 0 Å². The first kappa shape index (κ1) is 53.5. The molecule has 0 heterocycles. The molecule has 182 valence electrons. The van der Waals surface area contributed by atoms with Gasteiger partial charge in [0.05, 0.1) is 0 Å². The smallest absolute Gasteiger partial charge is 2.00 e. The molecule has 0 rings (SSSR count). The van der Waals surface area contributed by atoms with Crippen LogP contribution in [-0.2, 0) is 94.4 Å². The van der Waals surface area contributed by atoms with E-state index in [1.54, 1.807) is 0 Å². The number of nitrogens with zero attached hydrogens (tertiary/aromatic N) is 2. The molecule has 0 aromatic heterocycles. The molecule has 0 fully saturated rings. The van der Waals surface area contributed by atoms with Crippen molar-refractivity contribution in [1.82, 2.24) is 9.80 Å². The minimum atomic E-state index is 0. The molecule has 0 atom stereocenters. The summed E-state index contributed by atoms with van der Waals surface area (Å²) in [6.45, 7) is 12.9.